The molecule has 5 heteroatoms. The van der Waals surface area contributed by atoms with Crippen molar-refractivity contribution in [1.29, 1.82) is 10.5 Å². The number of benzene rings is 3. The van der Waals surface area contributed by atoms with Gasteiger partial charge in [0.25, 0.3) is 0 Å². The molecule has 0 saturated carbocycles. The Balaban J connectivity index is 1.88. The third-order valence-corrected chi connectivity index (χ3v) is 5.84. The SMILES string of the molecule is N#C/C=C(/Sc1nc2ccccc2n1C(CC#N)c1ccccc1)c1ccccc1. The maximum Gasteiger partial charge on any atom is 0.174 e. The van der Waals surface area contributed by atoms with Crippen molar-refractivity contribution in [3.05, 3.63) is 102 Å². The highest BCUT2D eigenvalue weighted by Crippen LogP contribution is 2.39. The maximum atomic E-state index is 9.56. The maximum absolute atomic E-state index is 9.56. The normalized spacial score (nSPS) is 12.3. The van der Waals surface area contributed by atoms with Gasteiger partial charge in [-0.15, -0.1) is 0 Å². The van der Waals surface area contributed by atoms with E-state index in [4.69, 9.17) is 4.98 Å². The highest BCUT2D eigenvalue weighted by molar-refractivity contribution is 8.08. The van der Waals surface area contributed by atoms with Crippen molar-refractivity contribution in [2.75, 3.05) is 0 Å². The van der Waals surface area contributed by atoms with Gasteiger partial charge in [-0.25, -0.2) is 4.98 Å². The minimum Gasteiger partial charge on any atom is -0.310 e. The van der Waals surface area contributed by atoms with Gasteiger partial charge in [0.1, 0.15) is 0 Å². The number of nitriles is 2. The molecule has 0 N–H and O–H groups in total. The molecule has 1 heterocycles. The van der Waals surface area contributed by atoms with Crippen LogP contribution in [0.15, 0.2) is 96.2 Å². The highest BCUT2D eigenvalue weighted by atomic mass is 32.2. The highest BCUT2D eigenvalue weighted by Gasteiger charge is 2.22. The summed E-state index contributed by atoms with van der Waals surface area (Å²) in [7, 11) is 0. The van der Waals surface area contributed by atoms with Gasteiger partial charge in [-0.05, 0) is 23.3 Å². The van der Waals surface area contributed by atoms with Gasteiger partial charge in [0.15, 0.2) is 5.16 Å². The van der Waals surface area contributed by atoms with Crippen LogP contribution in [-0.2, 0) is 0 Å². The Bertz CT molecular complexity index is 1260. The molecule has 0 aliphatic rings. The molecule has 4 aromatic rings. The summed E-state index contributed by atoms with van der Waals surface area (Å²) in [4.78, 5) is 5.67. The van der Waals surface area contributed by atoms with E-state index in [1.165, 1.54) is 11.8 Å². The molecule has 0 aliphatic carbocycles. The fraction of sp³-hybridized carbons (Fsp3) is 0.0800. The number of allylic oxidation sites excluding steroid dienone is 1. The summed E-state index contributed by atoms with van der Waals surface area (Å²) >= 11 is 1.45. The van der Waals surface area contributed by atoms with E-state index in [1.54, 1.807) is 6.08 Å². The molecular formula is C25H18N4S. The molecule has 1 aromatic heterocycles. The Labute approximate surface area is 179 Å². The summed E-state index contributed by atoms with van der Waals surface area (Å²) in [6.07, 6.45) is 1.87. The molecule has 4 rings (SSSR count). The van der Waals surface area contributed by atoms with Crippen LogP contribution in [0.1, 0.15) is 23.6 Å². The number of imidazole rings is 1. The van der Waals surface area contributed by atoms with E-state index in [0.29, 0.717) is 6.42 Å². The van der Waals surface area contributed by atoms with E-state index in [0.717, 1.165) is 32.2 Å². The Morgan fingerprint density at radius 2 is 1.60 bits per heavy atom. The summed E-state index contributed by atoms with van der Waals surface area (Å²) < 4.78 is 2.12. The molecule has 0 amide bonds. The second kappa shape index (κ2) is 9.13. The van der Waals surface area contributed by atoms with Gasteiger partial charge >= 0.3 is 0 Å². The first-order chi connectivity index (χ1) is 14.8. The lowest BCUT2D eigenvalue weighted by Gasteiger charge is -2.20. The predicted octanol–water partition coefficient (Wildman–Crippen LogP) is 6.20. The number of hydrogen-bond donors (Lipinski definition) is 0. The monoisotopic (exact) mass is 406 g/mol. The minimum atomic E-state index is -0.176. The molecule has 3 aromatic carbocycles. The third kappa shape index (κ3) is 3.98. The first-order valence-electron chi connectivity index (χ1n) is 9.53. The quantitative estimate of drug-likeness (QED) is 0.283. The molecule has 4 nitrogen and oxygen atoms in total. The molecule has 1 unspecified atom stereocenters. The van der Waals surface area contributed by atoms with Crippen LogP contribution >= 0.6 is 11.8 Å². The average molecular weight is 407 g/mol. The summed E-state index contributed by atoms with van der Waals surface area (Å²) in [6.45, 7) is 0. The Morgan fingerprint density at radius 1 is 0.933 bits per heavy atom. The van der Waals surface area contributed by atoms with E-state index in [1.807, 2.05) is 84.9 Å². The van der Waals surface area contributed by atoms with E-state index in [2.05, 4.69) is 16.7 Å². The van der Waals surface area contributed by atoms with Gasteiger partial charge in [0.2, 0.25) is 0 Å². The average Bonchev–Trinajstić information content (AvgIpc) is 3.16. The van der Waals surface area contributed by atoms with Crippen LogP contribution in [0, 0.1) is 22.7 Å². The molecule has 0 fully saturated rings. The van der Waals surface area contributed by atoms with E-state index in [9.17, 15) is 10.5 Å². The molecule has 0 radical (unpaired) electrons. The zero-order chi connectivity index (χ0) is 20.8. The number of thioether (sulfide) groups is 1. The fourth-order valence-corrected chi connectivity index (χ4v) is 4.48. The second-order valence-electron chi connectivity index (χ2n) is 6.65. The number of fused-ring (bicyclic) bond motifs is 1. The van der Waals surface area contributed by atoms with Crippen molar-refractivity contribution >= 4 is 27.7 Å². The van der Waals surface area contributed by atoms with E-state index in [-0.39, 0.29) is 6.04 Å². The first kappa shape index (κ1) is 19.5. The van der Waals surface area contributed by atoms with Crippen LogP contribution in [0.5, 0.6) is 0 Å². The second-order valence-corrected chi connectivity index (χ2v) is 7.66. The van der Waals surface area contributed by atoms with E-state index >= 15 is 0 Å². The molecule has 1 atom stereocenters. The zero-order valence-corrected chi connectivity index (χ0v) is 17.0. The summed E-state index contributed by atoms with van der Waals surface area (Å²) in [5.74, 6) is 0. The van der Waals surface area contributed by atoms with E-state index < -0.39 is 0 Å². The molecular weight excluding hydrogens is 388 g/mol. The number of hydrogen-bond acceptors (Lipinski definition) is 4. The van der Waals surface area contributed by atoms with Crippen molar-refractivity contribution in [1.82, 2.24) is 9.55 Å². The van der Waals surface area contributed by atoms with Crippen LogP contribution in [-0.4, -0.2) is 9.55 Å². The Morgan fingerprint density at radius 3 is 2.30 bits per heavy atom. The van der Waals surface area contributed by atoms with Gasteiger partial charge in [0.05, 0.1) is 35.6 Å². The van der Waals surface area contributed by atoms with Crippen molar-refractivity contribution in [2.45, 2.75) is 17.6 Å². The smallest absolute Gasteiger partial charge is 0.174 e. The lowest BCUT2D eigenvalue weighted by molar-refractivity contribution is 0.565. The van der Waals surface area contributed by atoms with Crippen LogP contribution in [0.2, 0.25) is 0 Å². The number of rotatable bonds is 6. The summed E-state index contributed by atoms with van der Waals surface area (Å²) in [5, 5.41) is 19.7. The standard InChI is InChI=1S/C25H18N4S/c26-17-15-22(19-9-3-1-4-10-19)29-23-14-8-7-13-21(23)28-25(29)30-24(16-18-27)20-11-5-2-6-12-20/h1-14,16,22H,15H2/b24-16+. The summed E-state index contributed by atoms with van der Waals surface area (Å²) in [6, 6.07) is 32.1. The number of nitrogens with zero attached hydrogens (tertiary/aromatic N) is 4. The van der Waals surface area contributed by atoms with Crippen LogP contribution in [0.4, 0.5) is 0 Å². The van der Waals surface area contributed by atoms with Crippen molar-refractivity contribution in [3.8, 4) is 12.1 Å². The topological polar surface area (TPSA) is 65.4 Å². The third-order valence-electron chi connectivity index (χ3n) is 4.80. The molecule has 0 aliphatic heterocycles. The van der Waals surface area contributed by atoms with Crippen LogP contribution < -0.4 is 0 Å². The molecule has 0 bridgehead atoms. The molecule has 0 saturated heterocycles. The Hall–Kier alpha value is -3.80. The number of aromatic nitrogens is 2. The van der Waals surface area contributed by atoms with Gasteiger partial charge < -0.3 is 4.57 Å². The van der Waals surface area contributed by atoms with Crippen molar-refractivity contribution < 1.29 is 0 Å². The van der Waals surface area contributed by atoms with Gasteiger partial charge in [-0.3, -0.25) is 0 Å². The summed E-state index contributed by atoms with van der Waals surface area (Å²) in [5.41, 5.74) is 3.84. The van der Waals surface area contributed by atoms with Gasteiger partial charge in [0, 0.05) is 11.0 Å². The van der Waals surface area contributed by atoms with Gasteiger partial charge in [-0.1, -0.05) is 84.6 Å². The Kier molecular flexibility index (Phi) is 5.94. The lowest BCUT2D eigenvalue weighted by atomic mass is 10.0. The van der Waals surface area contributed by atoms with Gasteiger partial charge in [-0.2, -0.15) is 10.5 Å². The van der Waals surface area contributed by atoms with Crippen LogP contribution in [0.25, 0.3) is 15.9 Å². The number of para-hydroxylation sites is 2. The minimum absolute atomic E-state index is 0.176. The van der Waals surface area contributed by atoms with Crippen LogP contribution in [0.3, 0.4) is 0 Å². The fourth-order valence-electron chi connectivity index (χ4n) is 3.45. The predicted molar refractivity (Wildman–Crippen MR) is 120 cm³/mol. The zero-order valence-electron chi connectivity index (χ0n) is 16.1. The first-order valence-corrected chi connectivity index (χ1v) is 10.4. The molecule has 0 spiro atoms. The largest absolute Gasteiger partial charge is 0.310 e. The lowest BCUT2D eigenvalue weighted by Crippen LogP contribution is -2.11. The molecule has 30 heavy (non-hydrogen) atoms. The molecule has 144 valence electrons. The van der Waals surface area contributed by atoms with Crippen molar-refractivity contribution in [2.24, 2.45) is 0 Å². The van der Waals surface area contributed by atoms with Crippen molar-refractivity contribution in [3.63, 3.8) is 0 Å².